The first kappa shape index (κ1) is 8.25. The first-order valence-electron chi connectivity index (χ1n) is 5.39. The van der Waals surface area contributed by atoms with E-state index in [0.717, 1.165) is 32.1 Å². The highest BCUT2D eigenvalue weighted by Crippen LogP contribution is 2.61. The smallest absolute Gasteiger partial charge is 0.101 e. The predicted molar refractivity (Wildman–Crippen MR) is 47.6 cm³/mol. The van der Waals surface area contributed by atoms with E-state index in [1.807, 2.05) is 0 Å². The molecule has 0 amide bonds. The molecule has 4 bridgehead atoms. The number of aliphatic hydroxyl groups is 1. The van der Waals surface area contributed by atoms with Gasteiger partial charge < -0.3 is 5.11 Å². The molecule has 0 aromatic carbocycles. The lowest BCUT2D eigenvalue weighted by atomic mass is 9.47. The Hall–Kier alpha value is -0.0800. The second kappa shape index (κ2) is 2.12. The molecule has 4 rings (SSSR count). The Balaban J connectivity index is 2.01. The predicted octanol–water partition coefficient (Wildman–Crippen LogP) is 1.75. The van der Waals surface area contributed by atoms with E-state index in [0.29, 0.717) is 5.92 Å². The Morgan fingerprint density at radius 3 is 2.69 bits per heavy atom. The van der Waals surface area contributed by atoms with Crippen molar-refractivity contribution in [3.63, 3.8) is 0 Å². The standard InChI is InChI=1S/C11H17O2/c1-10-3-7-2-8(9(10)12)5-11(13,4-7)6-10/h7-9,13H,2-6H2,1H3/t7-,8-,9?,10+,11-/m1/s1. The van der Waals surface area contributed by atoms with E-state index >= 15 is 0 Å². The van der Waals surface area contributed by atoms with Gasteiger partial charge in [0.25, 0.3) is 0 Å². The van der Waals surface area contributed by atoms with Gasteiger partial charge in [0.1, 0.15) is 6.10 Å². The maximum absolute atomic E-state index is 12.0. The van der Waals surface area contributed by atoms with Crippen LogP contribution in [-0.4, -0.2) is 16.8 Å². The van der Waals surface area contributed by atoms with Crippen molar-refractivity contribution in [2.75, 3.05) is 0 Å². The van der Waals surface area contributed by atoms with Crippen LogP contribution in [-0.2, 0) is 5.11 Å². The van der Waals surface area contributed by atoms with Crippen molar-refractivity contribution in [2.45, 2.75) is 50.7 Å². The van der Waals surface area contributed by atoms with Crippen LogP contribution in [0.25, 0.3) is 0 Å². The summed E-state index contributed by atoms with van der Waals surface area (Å²) in [4.78, 5) is 0. The molecule has 0 heterocycles. The van der Waals surface area contributed by atoms with Gasteiger partial charge in [-0.3, -0.25) is 0 Å². The third-order valence-corrected chi connectivity index (χ3v) is 4.55. The van der Waals surface area contributed by atoms with Gasteiger partial charge >= 0.3 is 0 Å². The molecule has 2 nitrogen and oxygen atoms in total. The second-order valence-electron chi connectivity index (χ2n) is 5.95. The summed E-state index contributed by atoms with van der Waals surface area (Å²) in [7, 11) is 0. The Labute approximate surface area is 79.0 Å². The van der Waals surface area contributed by atoms with Crippen molar-refractivity contribution < 1.29 is 10.2 Å². The molecular weight excluding hydrogens is 164 g/mol. The monoisotopic (exact) mass is 181 g/mol. The summed E-state index contributed by atoms with van der Waals surface area (Å²) in [6.45, 7) is 2.09. The largest absolute Gasteiger partial charge is 0.390 e. The van der Waals surface area contributed by atoms with Crippen LogP contribution < -0.4 is 0 Å². The first-order chi connectivity index (χ1) is 6.01. The highest BCUT2D eigenvalue weighted by Gasteiger charge is 2.60. The molecule has 73 valence electrons. The zero-order valence-electron chi connectivity index (χ0n) is 8.12. The maximum atomic E-state index is 12.0. The lowest BCUT2D eigenvalue weighted by molar-refractivity contribution is -0.229. The van der Waals surface area contributed by atoms with E-state index in [2.05, 4.69) is 6.92 Å². The summed E-state index contributed by atoms with van der Waals surface area (Å²) in [5.74, 6) is 0.920. The van der Waals surface area contributed by atoms with Gasteiger partial charge in [0.05, 0.1) is 5.60 Å². The van der Waals surface area contributed by atoms with E-state index in [9.17, 15) is 10.2 Å². The van der Waals surface area contributed by atoms with Crippen LogP contribution in [0.5, 0.6) is 0 Å². The van der Waals surface area contributed by atoms with E-state index in [4.69, 9.17) is 0 Å². The van der Waals surface area contributed by atoms with Crippen LogP contribution in [0.2, 0.25) is 0 Å². The third kappa shape index (κ3) is 0.962. The molecule has 0 aromatic rings. The van der Waals surface area contributed by atoms with Crippen LogP contribution in [0.4, 0.5) is 0 Å². The van der Waals surface area contributed by atoms with Crippen LogP contribution in [0.15, 0.2) is 0 Å². The van der Waals surface area contributed by atoms with Gasteiger partial charge in [-0.15, -0.1) is 0 Å². The number of rotatable bonds is 0. The van der Waals surface area contributed by atoms with E-state index < -0.39 is 11.7 Å². The fourth-order valence-electron chi connectivity index (χ4n) is 4.50. The summed E-state index contributed by atoms with van der Waals surface area (Å²) in [5, 5.41) is 22.3. The Morgan fingerprint density at radius 2 is 2.08 bits per heavy atom. The zero-order valence-corrected chi connectivity index (χ0v) is 8.12. The lowest BCUT2D eigenvalue weighted by Crippen LogP contribution is -2.61. The fourth-order valence-corrected chi connectivity index (χ4v) is 4.50. The van der Waals surface area contributed by atoms with E-state index in [-0.39, 0.29) is 11.3 Å². The van der Waals surface area contributed by atoms with Crippen molar-refractivity contribution in [2.24, 2.45) is 17.3 Å². The van der Waals surface area contributed by atoms with Gasteiger partial charge in [0.2, 0.25) is 0 Å². The van der Waals surface area contributed by atoms with Crippen molar-refractivity contribution in [1.82, 2.24) is 0 Å². The SMILES string of the molecule is C[C@]12C[C@H]3C[C@H](C[C@](O)(C3)C1)C2[O]. The molecule has 0 saturated heterocycles. The van der Waals surface area contributed by atoms with Crippen molar-refractivity contribution in [3.05, 3.63) is 0 Å². The highest BCUT2D eigenvalue weighted by molar-refractivity contribution is 5.10. The molecule has 1 unspecified atom stereocenters. The van der Waals surface area contributed by atoms with Gasteiger partial charge in [-0.2, -0.15) is 0 Å². The van der Waals surface area contributed by atoms with Gasteiger partial charge in [-0.25, -0.2) is 5.11 Å². The summed E-state index contributed by atoms with van der Waals surface area (Å²) >= 11 is 0. The molecule has 1 N–H and O–H groups in total. The number of hydrogen-bond acceptors (Lipinski definition) is 1. The van der Waals surface area contributed by atoms with Gasteiger partial charge in [-0.05, 0) is 43.9 Å². The van der Waals surface area contributed by atoms with Crippen molar-refractivity contribution >= 4 is 0 Å². The second-order valence-corrected chi connectivity index (χ2v) is 5.95. The third-order valence-electron chi connectivity index (χ3n) is 4.55. The molecule has 4 aliphatic rings. The topological polar surface area (TPSA) is 40.1 Å². The highest BCUT2D eigenvalue weighted by atomic mass is 16.3. The Bertz CT molecular complexity index is 252. The van der Waals surface area contributed by atoms with Crippen LogP contribution in [0.1, 0.15) is 39.0 Å². The van der Waals surface area contributed by atoms with Crippen molar-refractivity contribution in [3.8, 4) is 0 Å². The lowest BCUT2D eigenvalue weighted by Gasteiger charge is -2.60. The fraction of sp³-hybridized carbons (Fsp3) is 1.00. The van der Waals surface area contributed by atoms with E-state index in [1.54, 1.807) is 0 Å². The average molecular weight is 181 g/mol. The summed E-state index contributed by atoms with van der Waals surface area (Å²) in [6.07, 6.45) is 4.27. The minimum absolute atomic E-state index is 0.0845. The molecule has 2 heteroatoms. The van der Waals surface area contributed by atoms with E-state index in [1.165, 1.54) is 0 Å². The first-order valence-corrected chi connectivity index (χ1v) is 5.39. The van der Waals surface area contributed by atoms with Gasteiger partial charge in [0.15, 0.2) is 0 Å². The summed E-state index contributed by atoms with van der Waals surface area (Å²) in [6, 6.07) is 0. The Kier molecular flexibility index (Phi) is 1.34. The molecule has 4 fully saturated rings. The van der Waals surface area contributed by atoms with Crippen LogP contribution >= 0.6 is 0 Å². The summed E-state index contributed by atoms with van der Waals surface area (Å²) in [5.41, 5.74) is -0.541. The molecule has 0 aliphatic heterocycles. The van der Waals surface area contributed by atoms with Gasteiger partial charge in [0, 0.05) is 5.41 Å². The Morgan fingerprint density at radius 1 is 1.31 bits per heavy atom. The van der Waals surface area contributed by atoms with Gasteiger partial charge in [-0.1, -0.05) is 6.92 Å². The summed E-state index contributed by atoms with van der Waals surface area (Å²) < 4.78 is 0. The zero-order chi connectivity index (χ0) is 9.27. The van der Waals surface area contributed by atoms with Crippen molar-refractivity contribution in [1.29, 1.82) is 0 Å². The molecule has 1 radical (unpaired) electrons. The normalized spacial score (nSPS) is 64.4. The molecule has 4 saturated carbocycles. The van der Waals surface area contributed by atoms with Crippen LogP contribution in [0, 0.1) is 17.3 Å². The number of hydrogen-bond donors (Lipinski definition) is 1. The molecule has 13 heavy (non-hydrogen) atoms. The minimum atomic E-state index is -0.457. The minimum Gasteiger partial charge on any atom is -0.390 e. The molecule has 5 atom stereocenters. The van der Waals surface area contributed by atoms with Crippen LogP contribution in [0.3, 0.4) is 0 Å². The molecule has 0 aromatic heterocycles. The maximum Gasteiger partial charge on any atom is 0.101 e. The average Bonchev–Trinajstić information content (AvgIpc) is 1.96. The molecule has 4 aliphatic carbocycles. The molecular formula is C11H17O2. The quantitative estimate of drug-likeness (QED) is 0.607. The molecule has 0 spiro atoms.